The van der Waals surface area contributed by atoms with Gasteiger partial charge in [0.15, 0.2) is 11.5 Å². The fraction of sp³-hybridized carbons (Fsp3) is 0.250. The number of Topliss-reactive ketones (excluding diaryl/α,β-unsaturated/α-hetero) is 1. The van der Waals surface area contributed by atoms with E-state index < -0.39 is 29.2 Å². The Morgan fingerprint density at radius 1 is 1.10 bits per heavy atom. The van der Waals surface area contributed by atoms with Crippen LogP contribution in [0.5, 0.6) is 0 Å². The summed E-state index contributed by atoms with van der Waals surface area (Å²) in [7, 11) is 0. The van der Waals surface area contributed by atoms with Crippen molar-refractivity contribution in [3.63, 3.8) is 0 Å². The Balaban J connectivity index is 1.11. The van der Waals surface area contributed by atoms with E-state index in [1.807, 2.05) is 0 Å². The van der Waals surface area contributed by atoms with Crippen LogP contribution in [0.25, 0.3) is 11.1 Å². The minimum Gasteiger partial charge on any atom is -0.364 e. The number of aryl methyl sites for hydroxylation is 1. The van der Waals surface area contributed by atoms with E-state index >= 15 is 4.39 Å². The molecule has 0 radical (unpaired) electrons. The van der Waals surface area contributed by atoms with E-state index in [2.05, 4.69) is 20.1 Å². The molecular weight excluding hydrogens is 569 g/mol. The van der Waals surface area contributed by atoms with Gasteiger partial charge in [-0.2, -0.15) is 5.10 Å². The Labute approximate surface area is 243 Å². The number of carbonyl (C=O) groups is 3. The Morgan fingerprint density at radius 3 is 2.56 bits per heavy atom. The molecular formula is C28H23ClFN7O3S. The largest absolute Gasteiger partial charge is 0.364 e. The highest BCUT2D eigenvalue weighted by Crippen LogP contribution is 2.38. The minimum atomic E-state index is -0.721. The fourth-order valence-electron chi connectivity index (χ4n) is 4.87. The third-order valence-electron chi connectivity index (χ3n) is 7.06. The zero-order chi connectivity index (χ0) is 28.8. The summed E-state index contributed by atoms with van der Waals surface area (Å²) in [5, 5.41) is 6.34. The van der Waals surface area contributed by atoms with Gasteiger partial charge < -0.3 is 10.6 Å². The van der Waals surface area contributed by atoms with E-state index in [4.69, 9.17) is 17.3 Å². The lowest BCUT2D eigenvalue weighted by atomic mass is 9.99. The summed E-state index contributed by atoms with van der Waals surface area (Å²) in [6.07, 6.45) is 3.12. The average Bonchev–Trinajstić information content (AvgIpc) is 3.54. The van der Waals surface area contributed by atoms with E-state index in [1.54, 1.807) is 61.8 Å². The predicted octanol–water partition coefficient (Wildman–Crippen LogP) is 2.61. The van der Waals surface area contributed by atoms with Gasteiger partial charge in [0.25, 0.3) is 5.91 Å². The van der Waals surface area contributed by atoms with E-state index in [1.165, 1.54) is 21.7 Å². The number of benzene rings is 2. The maximum atomic E-state index is 15.3. The molecule has 3 atom stereocenters. The third-order valence-corrected chi connectivity index (χ3v) is 8.69. The van der Waals surface area contributed by atoms with Crippen LogP contribution in [-0.4, -0.2) is 78.8 Å². The van der Waals surface area contributed by atoms with Crippen molar-refractivity contribution in [1.29, 1.82) is 0 Å². The van der Waals surface area contributed by atoms with Crippen molar-refractivity contribution in [1.82, 2.24) is 19.9 Å². The summed E-state index contributed by atoms with van der Waals surface area (Å²) in [6, 6.07) is 10.5. The number of thioether (sulfide) groups is 1. The van der Waals surface area contributed by atoms with E-state index in [-0.39, 0.29) is 42.5 Å². The molecule has 2 unspecified atom stereocenters. The van der Waals surface area contributed by atoms with Gasteiger partial charge >= 0.3 is 0 Å². The van der Waals surface area contributed by atoms with Gasteiger partial charge in [-0.1, -0.05) is 59.8 Å². The monoisotopic (exact) mass is 591 g/mol. The molecule has 10 nitrogen and oxygen atoms in total. The number of ketones is 1. The zero-order valence-corrected chi connectivity index (χ0v) is 23.3. The number of halogens is 2. The number of rotatable bonds is 8. The number of carbonyl (C=O) groups excluding carboxylic acids is 3. The van der Waals surface area contributed by atoms with Crippen LogP contribution in [0.3, 0.4) is 0 Å². The lowest BCUT2D eigenvalue weighted by molar-refractivity contribution is -0.130. The molecule has 1 saturated heterocycles. The molecule has 0 bridgehead atoms. The Bertz CT molecular complexity index is 1650. The first kappa shape index (κ1) is 27.0. The number of nitrogens with zero attached hydrogens (tertiary/aromatic N) is 6. The lowest BCUT2D eigenvalue weighted by Gasteiger charge is -2.21. The van der Waals surface area contributed by atoms with E-state index in [0.29, 0.717) is 32.6 Å². The summed E-state index contributed by atoms with van der Waals surface area (Å²) < 4.78 is 15.3. The molecule has 0 spiro atoms. The molecule has 3 aromatic rings. The SMILES string of the molecule is Cc1ncc(C2=NC3C(C(N)=O)=NN(CC(=O)N4C[C@H]4C(=O)Cc4cccc(-c5ccccc5Cl)c4F)C3S2)cn1. The van der Waals surface area contributed by atoms with Gasteiger partial charge in [-0.05, 0) is 18.6 Å². The highest BCUT2D eigenvalue weighted by Gasteiger charge is 2.49. The molecule has 13 heteroatoms. The molecule has 41 heavy (non-hydrogen) atoms. The highest BCUT2D eigenvalue weighted by atomic mass is 35.5. The molecule has 3 aliphatic heterocycles. The van der Waals surface area contributed by atoms with Crippen molar-refractivity contribution >= 4 is 51.7 Å². The van der Waals surface area contributed by atoms with Crippen LogP contribution < -0.4 is 5.73 Å². The van der Waals surface area contributed by atoms with Crippen molar-refractivity contribution < 1.29 is 18.8 Å². The second kappa shape index (κ2) is 10.7. The lowest BCUT2D eigenvalue weighted by Crippen LogP contribution is -2.38. The molecule has 0 aliphatic carbocycles. The van der Waals surface area contributed by atoms with Gasteiger partial charge in [0.1, 0.15) is 40.7 Å². The summed E-state index contributed by atoms with van der Waals surface area (Å²) in [5.41, 5.74) is 7.38. The number of fused-ring (bicyclic) bond motifs is 1. The zero-order valence-electron chi connectivity index (χ0n) is 21.7. The van der Waals surface area contributed by atoms with Crippen LogP contribution in [0.4, 0.5) is 4.39 Å². The summed E-state index contributed by atoms with van der Waals surface area (Å²) >= 11 is 7.59. The van der Waals surface area contributed by atoms with Gasteiger partial charge in [0, 0.05) is 47.1 Å². The van der Waals surface area contributed by atoms with Gasteiger partial charge in [-0.3, -0.25) is 24.4 Å². The molecule has 2 aromatic carbocycles. The number of amides is 2. The van der Waals surface area contributed by atoms with Crippen molar-refractivity contribution in [3.8, 4) is 11.1 Å². The van der Waals surface area contributed by atoms with Gasteiger partial charge in [0.2, 0.25) is 5.91 Å². The second-order valence-corrected chi connectivity index (χ2v) is 11.3. The summed E-state index contributed by atoms with van der Waals surface area (Å²) in [6.45, 7) is 1.83. The Morgan fingerprint density at radius 2 is 1.83 bits per heavy atom. The minimum absolute atomic E-state index is 0.0608. The number of aliphatic imine (C=N–C) groups is 1. The highest BCUT2D eigenvalue weighted by molar-refractivity contribution is 8.15. The average molecular weight is 592 g/mol. The topological polar surface area (TPSA) is 134 Å². The smallest absolute Gasteiger partial charge is 0.267 e. The van der Waals surface area contributed by atoms with Crippen LogP contribution in [0.1, 0.15) is 17.0 Å². The van der Waals surface area contributed by atoms with Crippen LogP contribution in [-0.2, 0) is 20.8 Å². The fourth-order valence-corrected chi connectivity index (χ4v) is 6.31. The number of hydrogen-bond acceptors (Lipinski definition) is 9. The number of hydrogen-bond donors (Lipinski definition) is 1. The Kier molecular flexibility index (Phi) is 7.04. The van der Waals surface area contributed by atoms with Gasteiger partial charge in [0.05, 0.1) is 0 Å². The number of primary amides is 1. The maximum absolute atomic E-state index is 15.3. The molecule has 2 N–H and O–H groups in total. The summed E-state index contributed by atoms with van der Waals surface area (Å²) in [5.74, 6) is -1.23. The first-order valence-electron chi connectivity index (χ1n) is 12.7. The quantitative estimate of drug-likeness (QED) is 0.398. The van der Waals surface area contributed by atoms with Crippen molar-refractivity contribution in [2.45, 2.75) is 30.8 Å². The first-order valence-corrected chi connectivity index (χ1v) is 14.0. The number of hydrazone groups is 1. The second-order valence-electron chi connectivity index (χ2n) is 9.82. The number of aromatic nitrogens is 2. The van der Waals surface area contributed by atoms with E-state index in [0.717, 1.165) is 0 Å². The maximum Gasteiger partial charge on any atom is 0.267 e. The molecule has 4 heterocycles. The molecule has 3 aliphatic rings. The standard InChI is InChI=1S/C28H23ClFN7O3S/c1-14-32-10-16(11-33-14)27-34-25-24(26(31)40)35-37(28(25)41-27)13-22(39)36-12-20(36)21(38)9-15-5-4-7-18(23(15)30)17-6-2-3-8-19(17)29/h2-8,10-11,20,25,28H,9,12-13H2,1H3,(H2,31,40)/t20-,25?,28?,36?/m0/s1. The normalized spacial score (nSPS) is 20.9. The molecule has 1 aromatic heterocycles. The molecule has 0 saturated carbocycles. The van der Waals surface area contributed by atoms with Crippen LogP contribution >= 0.6 is 23.4 Å². The first-order chi connectivity index (χ1) is 19.7. The van der Waals surface area contributed by atoms with Gasteiger partial charge in [-0.25, -0.2) is 14.4 Å². The van der Waals surface area contributed by atoms with Crippen molar-refractivity contribution in [2.75, 3.05) is 13.1 Å². The third kappa shape index (κ3) is 5.20. The molecule has 6 rings (SSSR count). The van der Waals surface area contributed by atoms with Crippen LogP contribution in [0, 0.1) is 12.7 Å². The van der Waals surface area contributed by atoms with Crippen LogP contribution in [0.15, 0.2) is 65.0 Å². The predicted molar refractivity (Wildman–Crippen MR) is 153 cm³/mol. The Hall–Kier alpha value is -4.16. The van der Waals surface area contributed by atoms with E-state index in [9.17, 15) is 14.4 Å². The van der Waals surface area contributed by atoms with Crippen LogP contribution in [0.2, 0.25) is 5.02 Å². The number of nitrogens with two attached hydrogens (primary N) is 1. The van der Waals surface area contributed by atoms with Crippen molar-refractivity contribution in [2.24, 2.45) is 15.8 Å². The van der Waals surface area contributed by atoms with Crippen molar-refractivity contribution in [3.05, 3.63) is 82.6 Å². The molecule has 1 fully saturated rings. The summed E-state index contributed by atoms with van der Waals surface area (Å²) in [4.78, 5) is 52.6. The molecule has 2 amide bonds. The van der Waals surface area contributed by atoms with Gasteiger partial charge in [-0.15, -0.1) is 0 Å². The molecule has 208 valence electrons.